The summed E-state index contributed by atoms with van der Waals surface area (Å²) in [6.45, 7) is 5.53. The molecule has 0 radical (unpaired) electrons. The number of anilines is 1. The van der Waals surface area contributed by atoms with Crippen LogP contribution in [0.5, 0.6) is 5.88 Å². The first-order chi connectivity index (χ1) is 16.8. The van der Waals surface area contributed by atoms with E-state index in [2.05, 4.69) is 5.10 Å². The summed E-state index contributed by atoms with van der Waals surface area (Å²) in [5, 5.41) is 18.5. The second kappa shape index (κ2) is 8.52. The lowest BCUT2D eigenvalue weighted by Gasteiger charge is -2.15. The number of halogens is 1. The Morgan fingerprint density at radius 3 is 2.29 bits per heavy atom. The molecule has 8 heteroatoms. The SMILES string of the molecule is Cc1cc[n+](C2=C(c3c(C)nn(-c4cccc(Cl)c4)c3[O-])C(=O)N(c3ccccc3)C2=O)cc1C. The van der Waals surface area contributed by atoms with Gasteiger partial charge in [-0.25, -0.2) is 9.58 Å². The molecule has 2 aromatic heterocycles. The molecule has 0 aliphatic carbocycles. The third-order valence-corrected chi connectivity index (χ3v) is 6.33. The van der Waals surface area contributed by atoms with Gasteiger partial charge in [-0.1, -0.05) is 35.9 Å². The largest absolute Gasteiger partial charge is 0.858 e. The number of para-hydroxylation sites is 1. The fraction of sp³-hybridized carbons (Fsp3) is 0.111. The van der Waals surface area contributed by atoms with Gasteiger partial charge < -0.3 is 5.11 Å². The average molecular weight is 485 g/mol. The van der Waals surface area contributed by atoms with Crippen LogP contribution >= 0.6 is 11.6 Å². The standard InChI is InChI=1S/C27H21ClN4O3/c1-16-12-13-30(15-17(16)2)24-23(25(33)31(27(24)35)20-9-5-4-6-10-20)22-18(3)29-32(26(22)34)21-11-7-8-19(28)14-21/h4-15H,1-3H3. The van der Waals surface area contributed by atoms with E-state index >= 15 is 0 Å². The monoisotopic (exact) mass is 484 g/mol. The number of imide groups is 1. The van der Waals surface area contributed by atoms with Crippen LogP contribution in [-0.2, 0) is 9.59 Å². The first-order valence-corrected chi connectivity index (χ1v) is 11.4. The Balaban J connectivity index is 1.77. The molecular formula is C27H21ClN4O3. The second-order valence-corrected chi connectivity index (χ2v) is 8.82. The van der Waals surface area contributed by atoms with E-state index in [-0.39, 0.29) is 16.8 Å². The number of hydrogen-bond acceptors (Lipinski definition) is 4. The van der Waals surface area contributed by atoms with Crippen molar-refractivity contribution >= 4 is 40.4 Å². The Kier molecular flexibility index (Phi) is 5.49. The Labute approximate surface area is 207 Å². The molecule has 0 N–H and O–H groups in total. The molecule has 2 aromatic carbocycles. The Hall–Kier alpha value is -4.23. The van der Waals surface area contributed by atoms with Crippen LogP contribution in [0.2, 0.25) is 5.02 Å². The zero-order valence-electron chi connectivity index (χ0n) is 19.3. The molecule has 5 rings (SSSR count). The molecule has 0 spiro atoms. The lowest BCUT2D eigenvalue weighted by atomic mass is 10.0. The van der Waals surface area contributed by atoms with Crippen LogP contribution in [0.1, 0.15) is 22.4 Å². The van der Waals surface area contributed by atoms with Crippen molar-refractivity contribution in [2.45, 2.75) is 20.8 Å². The highest BCUT2D eigenvalue weighted by molar-refractivity contribution is 6.53. The van der Waals surface area contributed by atoms with Gasteiger partial charge in [-0.2, -0.15) is 9.67 Å². The van der Waals surface area contributed by atoms with Crippen molar-refractivity contribution in [2.75, 3.05) is 4.90 Å². The Morgan fingerprint density at radius 1 is 0.886 bits per heavy atom. The van der Waals surface area contributed by atoms with Crippen molar-refractivity contribution in [3.63, 3.8) is 0 Å². The van der Waals surface area contributed by atoms with Crippen LogP contribution in [0.4, 0.5) is 5.69 Å². The predicted octanol–water partition coefficient (Wildman–Crippen LogP) is 3.75. The van der Waals surface area contributed by atoms with E-state index in [1.165, 1.54) is 4.68 Å². The Morgan fingerprint density at radius 2 is 1.60 bits per heavy atom. The van der Waals surface area contributed by atoms with Gasteiger partial charge in [0.1, 0.15) is 5.57 Å². The van der Waals surface area contributed by atoms with Crippen molar-refractivity contribution in [1.82, 2.24) is 9.78 Å². The Bertz CT molecular complexity index is 1540. The molecule has 1 aliphatic rings. The summed E-state index contributed by atoms with van der Waals surface area (Å²) in [7, 11) is 0. The van der Waals surface area contributed by atoms with Crippen LogP contribution in [0.25, 0.3) is 17.0 Å². The first kappa shape index (κ1) is 22.6. The lowest BCUT2D eigenvalue weighted by molar-refractivity contribution is -0.577. The first-order valence-electron chi connectivity index (χ1n) is 11.0. The summed E-state index contributed by atoms with van der Waals surface area (Å²) in [6.07, 6.45) is 3.50. The summed E-state index contributed by atoms with van der Waals surface area (Å²) in [5.74, 6) is -1.59. The topological polar surface area (TPSA) is 82.1 Å². The molecule has 3 heterocycles. The molecule has 7 nitrogen and oxygen atoms in total. The molecule has 0 fully saturated rings. The fourth-order valence-electron chi connectivity index (χ4n) is 4.19. The smallest absolute Gasteiger partial charge is 0.331 e. The van der Waals surface area contributed by atoms with Gasteiger partial charge in [-0.05, 0) is 62.5 Å². The summed E-state index contributed by atoms with van der Waals surface area (Å²) in [4.78, 5) is 28.6. The third-order valence-electron chi connectivity index (χ3n) is 6.09. The van der Waals surface area contributed by atoms with Crippen LogP contribution in [0.3, 0.4) is 0 Å². The maximum atomic E-state index is 13.8. The third kappa shape index (κ3) is 3.70. The molecule has 0 atom stereocenters. The molecule has 2 amide bonds. The van der Waals surface area contributed by atoms with Crippen LogP contribution in [0.15, 0.2) is 73.1 Å². The molecule has 0 saturated heterocycles. The summed E-state index contributed by atoms with van der Waals surface area (Å²) in [5.41, 5.74) is 3.41. The van der Waals surface area contributed by atoms with Gasteiger partial charge >= 0.3 is 5.91 Å². The molecule has 4 aromatic rings. The molecule has 35 heavy (non-hydrogen) atoms. The van der Waals surface area contributed by atoms with Gasteiger partial charge in [-0.15, -0.1) is 0 Å². The number of hydrogen-bond donors (Lipinski definition) is 0. The number of carbonyl (C=O) groups is 2. The van der Waals surface area contributed by atoms with Crippen LogP contribution < -0.4 is 14.6 Å². The van der Waals surface area contributed by atoms with E-state index in [9.17, 15) is 14.7 Å². The number of pyridine rings is 1. The summed E-state index contributed by atoms with van der Waals surface area (Å²) < 4.78 is 2.81. The van der Waals surface area contributed by atoms with Gasteiger partial charge in [0.05, 0.1) is 17.1 Å². The van der Waals surface area contributed by atoms with Gasteiger partial charge in [-0.3, -0.25) is 9.59 Å². The normalized spacial score (nSPS) is 13.8. The molecular weight excluding hydrogens is 464 g/mol. The maximum absolute atomic E-state index is 13.8. The van der Waals surface area contributed by atoms with E-state index in [0.717, 1.165) is 16.0 Å². The highest BCUT2D eigenvalue weighted by atomic mass is 35.5. The van der Waals surface area contributed by atoms with E-state index in [0.29, 0.717) is 22.1 Å². The molecule has 0 saturated carbocycles. The van der Waals surface area contributed by atoms with E-state index in [1.807, 2.05) is 19.9 Å². The molecule has 1 aliphatic heterocycles. The number of carbonyl (C=O) groups excluding carboxylic acids is 2. The highest BCUT2D eigenvalue weighted by Crippen LogP contribution is 2.38. The zero-order valence-corrected chi connectivity index (χ0v) is 20.1. The maximum Gasteiger partial charge on any atom is 0.331 e. The summed E-state index contributed by atoms with van der Waals surface area (Å²) >= 11 is 6.12. The number of aromatic nitrogens is 3. The fourth-order valence-corrected chi connectivity index (χ4v) is 4.37. The van der Waals surface area contributed by atoms with E-state index in [1.54, 1.807) is 78.5 Å². The second-order valence-electron chi connectivity index (χ2n) is 8.38. The van der Waals surface area contributed by atoms with Crippen molar-refractivity contribution in [2.24, 2.45) is 0 Å². The van der Waals surface area contributed by atoms with Gasteiger partial charge in [0.25, 0.3) is 11.6 Å². The number of aryl methyl sites for hydroxylation is 3. The summed E-state index contributed by atoms with van der Waals surface area (Å²) in [6, 6.07) is 17.3. The minimum atomic E-state index is -0.576. The number of nitrogens with zero attached hydrogens (tertiary/aromatic N) is 4. The number of rotatable bonds is 4. The van der Waals surface area contributed by atoms with E-state index < -0.39 is 17.7 Å². The van der Waals surface area contributed by atoms with Crippen molar-refractivity contribution < 1.29 is 19.3 Å². The minimum absolute atomic E-state index is 0.0166. The van der Waals surface area contributed by atoms with Crippen molar-refractivity contribution in [1.29, 1.82) is 0 Å². The van der Waals surface area contributed by atoms with Gasteiger partial charge in [0, 0.05) is 22.2 Å². The van der Waals surface area contributed by atoms with Crippen molar-refractivity contribution in [3.05, 3.63) is 100 Å². The average Bonchev–Trinajstić information content (AvgIpc) is 3.27. The van der Waals surface area contributed by atoms with Gasteiger partial charge in [0.15, 0.2) is 12.4 Å². The lowest BCUT2D eigenvalue weighted by Crippen LogP contribution is -2.40. The molecule has 0 unspecified atom stereocenters. The molecule has 174 valence electrons. The van der Waals surface area contributed by atoms with Gasteiger partial charge in [0.2, 0.25) is 0 Å². The number of amides is 2. The van der Waals surface area contributed by atoms with Crippen molar-refractivity contribution in [3.8, 4) is 11.6 Å². The number of benzene rings is 2. The highest BCUT2D eigenvalue weighted by Gasteiger charge is 2.47. The quantitative estimate of drug-likeness (QED) is 0.326. The van der Waals surface area contributed by atoms with E-state index in [4.69, 9.17) is 11.6 Å². The molecule has 0 bridgehead atoms. The minimum Gasteiger partial charge on any atom is -0.858 e. The van der Waals surface area contributed by atoms with Crippen LogP contribution in [-0.4, -0.2) is 21.6 Å². The van der Waals surface area contributed by atoms with Crippen LogP contribution in [0, 0.1) is 20.8 Å². The predicted molar refractivity (Wildman–Crippen MR) is 131 cm³/mol. The zero-order chi connectivity index (χ0) is 24.9.